The van der Waals surface area contributed by atoms with Crippen LogP contribution in [0.15, 0.2) is 30.3 Å². The van der Waals surface area contributed by atoms with Gasteiger partial charge in [0.2, 0.25) is 0 Å². The monoisotopic (exact) mass is 237 g/mol. The number of thiocarbonyl (C=S) groups is 1. The van der Waals surface area contributed by atoms with E-state index < -0.39 is 0 Å². The molecule has 1 aliphatic heterocycles. The number of hydrogen-bond acceptors (Lipinski definition) is 2. The SMILES string of the molecule is CC1CN(C(N)=S)CCN1c1ccccc1.[HH]. The van der Waals surface area contributed by atoms with Gasteiger partial charge in [0.1, 0.15) is 0 Å². The molecule has 2 rings (SSSR count). The molecule has 3 nitrogen and oxygen atoms in total. The molecule has 1 unspecified atom stereocenters. The van der Waals surface area contributed by atoms with Gasteiger partial charge in [0.25, 0.3) is 0 Å². The highest BCUT2D eigenvalue weighted by Gasteiger charge is 2.23. The minimum atomic E-state index is 0. The maximum Gasteiger partial charge on any atom is 0.166 e. The molecular formula is C12H19N3S. The molecule has 0 aliphatic carbocycles. The third kappa shape index (κ3) is 2.27. The lowest BCUT2D eigenvalue weighted by atomic mass is 10.1. The quantitative estimate of drug-likeness (QED) is 0.753. The summed E-state index contributed by atoms with van der Waals surface area (Å²) < 4.78 is 0. The second-order valence-corrected chi connectivity index (χ2v) is 4.58. The Hall–Kier alpha value is -1.29. The highest BCUT2D eigenvalue weighted by Crippen LogP contribution is 2.19. The predicted octanol–water partition coefficient (Wildman–Crippen LogP) is 1.69. The number of anilines is 1. The zero-order chi connectivity index (χ0) is 11.5. The first-order valence-electron chi connectivity index (χ1n) is 5.54. The summed E-state index contributed by atoms with van der Waals surface area (Å²) in [6, 6.07) is 10.9. The van der Waals surface area contributed by atoms with Gasteiger partial charge in [-0.2, -0.15) is 0 Å². The third-order valence-electron chi connectivity index (χ3n) is 3.03. The third-order valence-corrected chi connectivity index (χ3v) is 3.29. The summed E-state index contributed by atoms with van der Waals surface area (Å²) in [6.07, 6.45) is 0. The van der Waals surface area contributed by atoms with Gasteiger partial charge in [-0.3, -0.25) is 0 Å². The van der Waals surface area contributed by atoms with E-state index in [0.717, 1.165) is 19.6 Å². The summed E-state index contributed by atoms with van der Waals surface area (Å²) in [6.45, 7) is 5.00. The Kier molecular flexibility index (Phi) is 3.29. The fourth-order valence-corrected chi connectivity index (χ4v) is 2.33. The van der Waals surface area contributed by atoms with Crippen LogP contribution in [0.25, 0.3) is 0 Å². The number of para-hydroxylation sites is 1. The van der Waals surface area contributed by atoms with E-state index >= 15 is 0 Å². The molecule has 1 saturated heterocycles. The second-order valence-electron chi connectivity index (χ2n) is 4.16. The van der Waals surface area contributed by atoms with E-state index in [1.54, 1.807) is 0 Å². The van der Waals surface area contributed by atoms with Crippen LogP contribution in [-0.2, 0) is 0 Å². The molecule has 0 amide bonds. The van der Waals surface area contributed by atoms with Gasteiger partial charge in [-0.15, -0.1) is 0 Å². The molecule has 4 heteroatoms. The number of benzene rings is 1. The molecule has 0 bridgehead atoms. The molecule has 0 saturated carbocycles. The maximum atomic E-state index is 5.65. The molecule has 0 spiro atoms. The Morgan fingerprint density at radius 1 is 1.38 bits per heavy atom. The van der Waals surface area contributed by atoms with Crippen molar-refractivity contribution in [2.24, 2.45) is 5.73 Å². The maximum absolute atomic E-state index is 5.65. The van der Waals surface area contributed by atoms with Crippen LogP contribution < -0.4 is 10.6 Å². The molecule has 1 aromatic rings. The second kappa shape index (κ2) is 4.70. The number of piperazine rings is 1. The largest absolute Gasteiger partial charge is 0.376 e. The average Bonchev–Trinajstić information content (AvgIpc) is 2.30. The van der Waals surface area contributed by atoms with Crippen LogP contribution >= 0.6 is 12.2 Å². The van der Waals surface area contributed by atoms with Crippen molar-refractivity contribution >= 4 is 23.0 Å². The van der Waals surface area contributed by atoms with Crippen LogP contribution in [-0.4, -0.2) is 35.7 Å². The Bertz CT molecular complexity index is 371. The predicted molar refractivity (Wildman–Crippen MR) is 73.7 cm³/mol. The molecule has 0 aromatic heterocycles. The molecule has 1 atom stereocenters. The molecule has 88 valence electrons. The molecule has 1 aliphatic rings. The van der Waals surface area contributed by atoms with Crippen LogP contribution in [0.5, 0.6) is 0 Å². The van der Waals surface area contributed by atoms with Crippen molar-refractivity contribution in [2.45, 2.75) is 13.0 Å². The van der Waals surface area contributed by atoms with Gasteiger partial charge in [0.15, 0.2) is 5.11 Å². The van der Waals surface area contributed by atoms with Crippen molar-refractivity contribution in [3.05, 3.63) is 30.3 Å². The molecule has 1 aromatic carbocycles. The smallest absolute Gasteiger partial charge is 0.166 e. The number of nitrogens with zero attached hydrogens (tertiary/aromatic N) is 2. The van der Waals surface area contributed by atoms with E-state index in [2.05, 4.69) is 41.0 Å². The van der Waals surface area contributed by atoms with Gasteiger partial charge in [-0.25, -0.2) is 0 Å². The van der Waals surface area contributed by atoms with Gasteiger partial charge in [0, 0.05) is 32.8 Å². The summed E-state index contributed by atoms with van der Waals surface area (Å²) in [7, 11) is 0. The molecule has 2 N–H and O–H groups in total. The van der Waals surface area contributed by atoms with Crippen molar-refractivity contribution in [3.8, 4) is 0 Å². The van der Waals surface area contributed by atoms with Crippen LogP contribution in [0.3, 0.4) is 0 Å². The molecule has 1 fully saturated rings. The van der Waals surface area contributed by atoms with E-state index in [1.807, 2.05) is 6.07 Å². The summed E-state index contributed by atoms with van der Waals surface area (Å²) >= 11 is 5.01. The molecule has 16 heavy (non-hydrogen) atoms. The van der Waals surface area contributed by atoms with Gasteiger partial charge < -0.3 is 15.5 Å². The Morgan fingerprint density at radius 2 is 2.06 bits per heavy atom. The highest BCUT2D eigenvalue weighted by atomic mass is 32.1. The Balaban J connectivity index is 0.00000144. The van der Waals surface area contributed by atoms with Gasteiger partial charge in [-0.1, -0.05) is 18.2 Å². The summed E-state index contributed by atoms with van der Waals surface area (Å²) in [5, 5.41) is 0.513. The van der Waals surface area contributed by atoms with Gasteiger partial charge >= 0.3 is 0 Å². The molecule has 1 heterocycles. The normalized spacial score (nSPS) is 20.9. The summed E-state index contributed by atoms with van der Waals surface area (Å²) in [4.78, 5) is 4.47. The lowest BCUT2D eigenvalue weighted by Gasteiger charge is -2.41. The summed E-state index contributed by atoms with van der Waals surface area (Å²) in [5.41, 5.74) is 6.93. The molecule has 0 radical (unpaired) electrons. The van der Waals surface area contributed by atoms with Gasteiger partial charge in [0.05, 0.1) is 0 Å². The van der Waals surface area contributed by atoms with Crippen molar-refractivity contribution in [1.82, 2.24) is 4.90 Å². The van der Waals surface area contributed by atoms with Crippen LogP contribution in [0.2, 0.25) is 0 Å². The fourth-order valence-electron chi connectivity index (χ4n) is 2.16. The Labute approximate surface area is 103 Å². The van der Waals surface area contributed by atoms with Crippen LogP contribution in [0.4, 0.5) is 5.69 Å². The Morgan fingerprint density at radius 3 is 2.62 bits per heavy atom. The first kappa shape index (κ1) is 11.2. The number of nitrogens with two attached hydrogens (primary N) is 1. The first-order chi connectivity index (χ1) is 7.68. The van der Waals surface area contributed by atoms with Crippen molar-refractivity contribution < 1.29 is 1.43 Å². The highest BCUT2D eigenvalue weighted by molar-refractivity contribution is 7.80. The van der Waals surface area contributed by atoms with Crippen molar-refractivity contribution in [2.75, 3.05) is 24.5 Å². The zero-order valence-corrected chi connectivity index (χ0v) is 10.3. The lowest BCUT2D eigenvalue weighted by molar-refractivity contribution is 0.340. The van der Waals surface area contributed by atoms with E-state index in [9.17, 15) is 0 Å². The van der Waals surface area contributed by atoms with Crippen molar-refractivity contribution in [1.29, 1.82) is 0 Å². The van der Waals surface area contributed by atoms with Crippen LogP contribution in [0.1, 0.15) is 8.35 Å². The summed E-state index contributed by atoms with van der Waals surface area (Å²) in [5.74, 6) is 0. The van der Waals surface area contributed by atoms with E-state index in [-0.39, 0.29) is 1.43 Å². The van der Waals surface area contributed by atoms with E-state index in [1.165, 1.54) is 5.69 Å². The van der Waals surface area contributed by atoms with Crippen molar-refractivity contribution in [3.63, 3.8) is 0 Å². The minimum absolute atomic E-state index is 0. The topological polar surface area (TPSA) is 32.5 Å². The molecular weight excluding hydrogens is 218 g/mol. The average molecular weight is 237 g/mol. The number of rotatable bonds is 1. The van der Waals surface area contributed by atoms with Gasteiger partial charge in [-0.05, 0) is 31.3 Å². The first-order valence-corrected chi connectivity index (χ1v) is 5.95. The number of hydrogen-bond donors (Lipinski definition) is 1. The zero-order valence-electron chi connectivity index (χ0n) is 9.47. The lowest BCUT2D eigenvalue weighted by Crippen LogP contribution is -2.55. The standard InChI is InChI=1S/C12H17N3S.H2/c1-10-9-14(12(13)16)7-8-15(10)11-5-3-2-4-6-11;/h2-6,10H,7-9H2,1H3,(H2,13,16);1H. The van der Waals surface area contributed by atoms with E-state index in [4.69, 9.17) is 18.0 Å². The van der Waals surface area contributed by atoms with Crippen LogP contribution in [0, 0.1) is 0 Å². The van der Waals surface area contributed by atoms with E-state index in [0.29, 0.717) is 11.2 Å². The fraction of sp³-hybridized carbons (Fsp3) is 0.417. The minimum Gasteiger partial charge on any atom is -0.376 e.